The monoisotopic (exact) mass is 281 g/mol. The van der Waals surface area contributed by atoms with Gasteiger partial charge in [-0.1, -0.05) is 11.6 Å². The van der Waals surface area contributed by atoms with Crippen molar-refractivity contribution in [2.24, 2.45) is 0 Å². The smallest absolute Gasteiger partial charge is 0.300 e. The van der Waals surface area contributed by atoms with Crippen molar-refractivity contribution in [3.63, 3.8) is 0 Å². The van der Waals surface area contributed by atoms with Gasteiger partial charge in [0.15, 0.2) is 0 Å². The van der Waals surface area contributed by atoms with Crippen molar-refractivity contribution >= 4 is 17.3 Å². The van der Waals surface area contributed by atoms with Gasteiger partial charge >= 0.3 is 5.69 Å². The van der Waals surface area contributed by atoms with E-state index in [0.717, 1.165) is 0 Å². The molecule has 0 saturated heterocycles. The van der Waals surface area contributed by atoms with Gasteiger partial charge in [0, 0.05) is 30.0 Å². The maximum Gasteiger partial charge on any atom is 0.328 e. The number of hydrogen-bond acceptors (Lipinski definition) is 3. The van der Waals surface area contributed by atoms with Crippen LogP contribution >= 0.6 is 11.6 Å². The molecule has 0 amide bonds. The molecule has 0 fully saturated rings. The molecule has 1 aromatic heterocycles. The summed E-state index contributed by atoms with van der Waals surface area (Å²) >= 11 is 5.84. The number of rotatable bonds is 4. The predicted octanol–water partition coefficient (Wildman–Crippen LogP) is 2.28. The Morgan fingerprint density at radius 1 is 1.32 bits per heavy atom. The van der Waals surface area contributed by atoms with Gasteiger partial charge in [0.25, 0.3) is 5.69 Å². The lowest BCUT2D eigenvalue weighted by molar-refractivity contribution is -0.385. The van der Waals surface area contributed by atoms with E-state index < -0.39 is 4.92 Å². The maximum atomic E-state index is 11.9. The van der Waals surface area contributed by atoms with Crippen LogP contribution in [0.1, 0.15) is 12.5 Å². The van der Waals surface area contributed by atoms with Crippen LogP contribution < -0.4 is 5.69 Å². The number of nitro groups is 1. The molecule has 0 spiro atoms. The number of aromatic nitrogens is 2. The molecule has 7 heteroatoms. The minimum atomic E-state index is -0.479. The number of nitrogens with zero attached hydrogens (tertiary/aromatic N) is 3. The van der Waals surface area contributed by atoms with E-state index in [1.165, 1.54) is 27.3 Å². The van der Waals surface area contributed by atoms with Crippen molar-refractivity contribution in [2.75, 3.05) is 0 Å². The van der Waals surface area contributed by atoms with Crippen molar-refractivity contribution in [3.05, 3.63) is 61.8 Å². The number of imidazole rings is 1. The Hall–Kier alpha value is -2.08. The second-order valence-corrected chi connectivity index (χ2v) is 4.46. The van der Waals surface area contributed by atoms with Crippen LogP contribution in [0.2, 0.25) is 5.02 Å². The average molecular weight is 282 g/mol. The highest BCUT2D eigenvalue weighted by Crippen LogP contribution is 2.23. The molecule has 0 saturated carbocycles. The number of benzene rings is 1. The van der Waals surface area contributed by atoms with Gasteiger partial charge in [0.1, 0.15) is 0 Å². The standard InChI is InChI=1S/C12H12ClN3O3/c1-2-14-5-6-15(12(14)17)8-9-7-10(13)3-4-11(9)16(18)19/h3-7H,2,8H2,1H3. The molecule has 0 N–H and O–H groups in total. The van der Waals surface area contributed by atoms with Crippen molar-refractivity contribution < 1.29 is 4.92 Å². The number of aryl methyl sites for hydroxylation is 1. The van der Waals surface area contributed by atoms with Gasteiger partial charge in [-0.05, 0) is 19.1 Å². The molecule has 100 valence electrons. The fourth-order valence-electron chi connectivity index (χ4n) is 1.86. The van der Waals surface area contributed by atoms with E-state index in [4.69, 9.17) is 11.6 Å². The molecular formula is C12H12ClN3O3. The van der Waals surface area contributed by atoms with Crippen LogP contribution in [0.3, 0.4) is 0 Å². The minimum Gasteiger partial charge on any atom is -0.300 e. The first-order chi connectivity index (χ1) is 9.02. The molecule has 0 radical (unpaired) electrons. The molecule has 6 nitrogen and oxygen atoms in total. The Morgan fingerprint density at radius 2 is 2.00 bits per heavy atom. The molecule has 0 aliphatic heterocycles. The Balaban J connectivity index is 2.42. The predicted molar refractivity (Wildman–Crippen MR) is 71.6 cm³/mol. The first-order valence-corrected chi connectivity index (χ1v) is 6.09. The van der Waals surface area contributed by atoms with Crippen LogP contribution in [0.5, 0.6) is 0 Å². The molecule has 0 unspecified atom stereocenters. The maximum absolute atomic E-state index is 11.9. The van der Waals surface area contributed by atoms with Crippen molar-refractivity contribution in [3.8, 4) is 0 Å². The van der Waals surface area contributed by atoms with Crippen LogP contribution in [-0.2, 0) is 13.1 Å². The van der Waals surface area contributed by atoms with Gasteiger partial charge in [-0.15, -0.1) is 0 Å². The summed E-state index contributed by atoms with van der Waals surface area (Å²) in [6.45, 7) is 2.54. The summed E-state index contributed by atoms with van der Waals surface area (Å²) < 4.78 is 2.94. The zero-order valence-corrected chi connectivity index (χ0v) is 11.0. The molecule has 0 aliphatic rings. The first kappa shape index (κ1) is 13.4. The van der Waals surface area contributed by atoms with Gasteiger partial charge < -0.3 is 0 Å². The number of halogens is 1. The lowest BCUT2D eigenvalue weighted by atomic mass is 10.2. The summed E-state index contributed by atoms with van der Waals surface area (Å²) in [7, 11) is 0. The van der Waals surface area contributed by atoms with E-state index in [1.54, 1.807) is 12.4 Å². The second-order valence-electron chi connectivity index (χ2n) is 4.02. The Labute approximate surface area is 114 Å². The minimum absolute atomic E-state index is 0.0412. The third kappa shape index (κ3) is 2.68. The van der Waals surface area contributed by atoms with Crippen LogP contribution in [-0.4, -0.2) is 14.1 Å². The quantitative estimate of drug-likeness (QED) is 0.638. The highest BCUT2D eigenvalue weighted by atomic mass is 35.5. The molecule has 2 rings (SSSR count). The third-order valence-corrected chi connectivity index (χ3v) is 3.07. The van der Waals surface area contributed by atoms with E-state index in [0.29, 0.717) is 17.1 Å². The number of hydrogen-bond donors (Lipinski definition) is 0. The summed E-state index contributed by atoms with van der Waals surface area (Å²) in [6, 6.07) is 4.32. The highest BCUT2D eigenvalue weighted by Gasteiger charge is 2.15. The number of nitro benzene ring substituents is 1. The van der Waals surface area contributed by atoms with Gasteiger partial charge in [-0.3, -0.25) is 19.2 Å². The van der Waals surface area contributed by atoms with Crippen LogP contribution in [0.4, 0.5) is 5.69 Å². The van der Waals surface area contributed by atoms with Crippen molar-refractivity contribution in [1.82, 2.24) is 9.13 Å². The molecular weight excluding hydrogens is 270 g/mol. The highest BCUT2D eigenvalue weighted by molar-refractivity contribution is 6.30. The Morgan fingerprint density at radius 3 is 2.58 bits per heavy atom. The topological polar surface area (TPSA) is 70.1 Å². The second kappa shape index (κ2) is 5.27. The van der Waals surface area contributed by atoms with E-state index in [2.05, 4.69) is 0 Å². The van der Waals surface area contributed by atoms with Crippen LogP contribution in [0.25, 0.3) is 0 Å². The van der Waals surface area contributed by atoms with E-state index in [-0.39, 0.29) is 17.9 Å². The Bertz CT molecular complexity index is 675. The normalized spacial score (nSPS) is 10.6. The average Bonchev–Trinajstić information content (AvgIpc) is 2.70. The van der Waals surface area contributed by atoms with Gasteiger partial charge in [0.2, 0.25) is 0 Å². The lowest BCUT2D eigenvalue weighted by Gasteiger charge is -2.04. The summed E-state index contributed by atoms with van der Waals surface area (Å²) in [4.78, 5) is 22.4. The van der Waals surface area contributed by atoms with Crippen molar-refractivity contribution in [1.29, 1.82) is 0 Å². The van der Waals surface area contributed by atoms with E-state index in [9.17, 15) is 14.9 Å². The summed E-state index contributed by atoms with van der Waals surface area (Å²) in [5, 5.41) is 11.3. The molecule has 0 atom stereocenters. The van der Waals surface area contributed by atoms with E-state index in [1.807, 2.05) is 6.92 Å². The van der Waals surface area contributed by atoms with E-state index >= 15 is 0 Å². The first-order valence-electron chi connectivity index (χ1n) is 5.71. The molecule has 1 aromatic carbocycles. The zero-order valence-electron chi connectivity index (χ0n) is 10.2. The molecule has 0 bridgehead atoms. The summed E-state index contributed by atoms with van der Waals surface area (Å²) in [6.07, 6.45) is 3.26. The summed E-state index contributed by atoms with van der Waals surface area (Å²) in [5.41, 5.74) is 0.172. The van der Waals surface area contributed by atoms with Crippen LogP contribution in [0.15, 0.2) is 35.4 Å². The largest absolute Gasteiger partial charge is 0.328 e. The van der Waals surface area contributed by atoms with Crippen LogP contribution in [0, 0.1) is 10.1 Å². The van der Waals surface area contributed by atoms with Gasteiger partial charge in [0.05, 0.1) is 17.0 Å². The molecule has 19 heavy (non-hydrogen) atoms. The SMILES string of the molecule is CCn1ccn(Cc2cc(Cl)ccc2[N+](=O)[O-])c1=O. The third-order valence-electron chi connectivity index (χ3n) is 2.84. The van der Waals surface area contributed by atoms with Crippen molar-refractivity contribution in [2.45, 2.75) is 20.0 Å². The molecule has 1 heterocycles. The molecule has 2 aromatic rings. The van der Waals surface area contributed by atoms with Gasteiger partial charge in [-0.25, -0.2) is 4.79 Å². The Kier molecular flexibility index (Phi) is 3.71. The fraction of sp³-hybridized carbons (Fsp3) is 0.250. The zero-order chi connectivity index (χ0) is 14.0. The fourth-order valence-corrected chi connectivity index (χ4v) is 2.05. The summed E-state index contributed by atoms with van der Waals surface area (Å²) in [5.74, 6) is 0. The van der Waals surface area contributed by atoms with Gasteiger partial charge in [-0.2, -0.15) is 0 Å². The molecule has 0 aliphatic carbocycles. The lowest BCUT2D eigenvalue weighted by Crippen LogP contribution is -2.24.